The Kier molecular flexibility index (Phi) is 5.60. The molecule has 0 spiro atoms. The number of benzene rings is 1. The summed E-state index contributed by atoms with van der Waals surface area (Å²) in [5.74, 6) is 0.648. The molecule has 4 heteroatoms. The molecule has 4 nitrogen and oxygen atoms in total. The van der Waals surface area contributed by atoms with E-state index in [-0.39, 0.29) is 0 Å². The number of nitrogens with one attached hydrogen (secondary N) is 1. The smallest absolute Gasteiger partial charge is 0.136 e. The van der Waals surface area contributed by atoms with Gasteiger partial charge in [-0.2, -0.15) is 5.26 Å². The van der Waals surface area contributed by atoms with E-state index < -0.39 is 0 Å². The number of nitrogens with zero attached hydrogens (tertiary/aromatic N) is 2. The fourth-order valence-corrected chi connectivity index (χ4v) is 2.83. The number of rotatable bonds is 6. The van der Waals surface area contributed by atoms with Crippen LogP contribution in [0.15, 0.2) is 18.2 Å². The van der Waals surface area contributed by atoms with E-state index in [1.807, 2.05) is 12.1 Å². The highest BCUT2D eigenvalue weighted by Gasteiger charge is 2.20. The van der Waals surface area contributed by atoms with Gasteiger partial charge in [0, 0.05) is 25.2 Å². The maximum Gasteiger partial charge on any atom is 0.136 e. The molecule has 0 aliphatic carbocycles. The average Bonchev–Trinajstić information content (AvgIpc) is 2.99. The van der Waals surface area contributed by atoms with Crippen LogP contribution in [0.1, 0.15) is 37.8 Å². The summed E-state index contributed by atoms with van der Waals surface area (Å²) in [7, 11) is 1.60. The highest BCUT2D eigenvalue weighted by Crippen LogP contribution is 2.21. The Hall–Kier alpha value is -1.57. The van der Waals surface area contributed by atoms with E-state index in [9.17, 15) is 5.26 Å². The van der Waals surface area contributed by atoms with Crippen LogP contribution in [0.4, 0.5) is 0 Å². The predicted octanol–water partition coefficient (Wildman–Crippen LogP) is 2.53. The molecule has 1 saturated heterocycles. The summed E-state index contributed by atoms with van der Waals surface area (Å²) in [4.78, 5) is 2.46. The van der Waals surface area contributed by atoms with Gasteiger partial charge >= 0.3 is 0 Å². The second-order valence-corrected chi connectivity index (χ2v) is 5.96. The quantitative estimate of drug-likeness (QED) is 0.873. The first kappa shape index (κ1) is 15.8. The molecule has 1 aromatic carbocycles. The first-order valence-corrected chi connectivity index (χ1v) is 7.68. The summed E-state index contributed by atoms with van der Waals surface area (Å²) in [5.41, 5.74) is 1.77. The fourth-order valence-electron chi connectivity index (χ4n) is 2.83. The molecule has 114 valence electrons. The highest BCUT2D eigenvalue weighted by molar-refractivity contribution is 5.45. The van der Waals surface area contributed by atoms with Crippen LogP contribution in [0.25, 0.3) is 0 Å². The predicted molar refractivity (Wildman–Crippen MR) is 84.3 cm³/mol. The molecule has 0 aromatic heterocycles. The van der Waals surface area contributed by atoms with Crippen molar-refractivity contribution >= 4 is 0 Å². The second-order valence-electron chi connectivity index (χ2n) is 5.96. The van der Waals surface area contributed by atoms with Crippen LogP contribution < -0.4 is 10.1 Å². The normalized spacial score (nSPS) is 18.2. The van der Waals surface area contributed by atoms with Crippen molar-refractivity contribution in [3.8, 4) is 11.8 Å². The maximum atomic E-state index is 9.19. The third kappa shape index (κ3) is 4.20. The van der Waals surface area contributed by atoms with E-state index in [0.717, 1.165) is 19.6 Å². The average molecular weight is 287 g/mol. The first-order valence-electron chi connectivity index (χ1n) is 7.68. The standard InChI is InChI=1S/C17H25N3O/c1-13(2)20(12-16-5-4-8-19-16)11-14-6-7-17(21-3)15(9-14)10-18/h6-7,9,13,16,19H,4-5,8,11-12H2,1-3H3. The van der Waals surface area contributed by atoms with Crippen LogP contribution in [0.3, 0.4) is 0 Å². The van der Waals surface area contributed by atoms with Gasteiger partial charge in [-0.25, -0.2) is 0 Å². The lowest BCUT2D eigenvalue weighted by Crippen LogP contribution is -2.40. The van der Waals surface area contributed by atoms with E-state index in [2.05, 4.69) is 36.2 Å². The van der Waals surface area contributed by atoms with Crippen LogP contribution in [-0.2, 0) is 6.54 Å². The molecule has 1 atom stereocenters. The highest BCUT2D eigenvalue weighted by atomic mass is 16.5. The summed E-state index contributed by atoms with van der Waals surface area (Å²) in [5, 5.41) is 12.7. The molecular weight excluding hydrogens is 262 g/mol. The molecule has 2 rings (SSSR count). The molecule has 1 aliphatic rings. The minimum absolute atomic E-state index is 0.486. The van der Waals surface area contributed by atoms with Gasteiger partial charge in [-0.1, -0.05) is 6.07 Å². The van der Waals surface area contributed by atoms with Gasteiger partial charge in [-0.3, -0.25) is 4.90 Å². The largest absolute Gasteiger partial charge is 0.495 e. The zero-order valence-corrected chi connectivity index (χ0v) is 13.2. The maximum absolute atomic E-state index is 9.19. The minimum Gasteiger partial charge on any atom is -0.495 e. The van der Waals surface area contributed by atoms with Crippen molar-refractivity contribution in [1.29, 1.82) is 5.26 Å². The Morgan fingerprint density at radius 1 is 1.48 bits per heavy atom. The molecule has 1 N–H and O–H groups in total. The molecule has 1 heterocycles. The van der Waals surface area contributed by atoms with Crippen molar-refractivity contribution < 1.29 is 4.74 Å². The van der Waals surface area contributed by atoms with Gasteiger partial charge in [0.2, 0.25) is 0 Å². The first-order chi connectivity index (χ1) is 10.1. The number of nitriles is 1. The SMILES string of the molecule is COc1ccc(CN(CC2CCCN2)C(C)C)cc1C#N. The lowest BCUT2D eigenvalue weighted by Gasteiger charge is -2.29. The van der Waals surface area contributed by atoms with E-state index in [4.69, 9.17) is 4.74 Å². The van der Waals surface area contributed by atoms with Crippen molar-refractivity contribution in [3.63, 3.8) is 0 Å². The minimum atomic E-state index is 0.486. The lowest BCUT2D eigenvalue weighted by atomic mass is 10.1. The summed E-state index contributed by atoms with van der Waals surface area (Å²) in [6, 6.07) is 9.17. The van der Waals surface area contributed by atoms with Gasteiger partial charge in [-0.05, 0) is 50.9 Å². The van der Waals surface area contributed by atoms with E-state index in [0.29, 0.717) is 23.4 Å². The topological polar surface area (TPSA) is 48.3 Å². The molecule has 0 bridgehead atoms. The van der Waals surface area contributed by atoms with Crippen LogP contribution in [0.5, 0.6) is 5.75 Å². The van der Waals surface area contributed by atoms with E-state index in [1.54, 1.807) is 7.11 Å². The van der Waals surface area contributed by atoms with Crippen molar-refractivity contribution in [1.82, 2.24) is 10.2 Å². The Labute approximate surface area is 127 Å². The molecular formula is C17H25N3O. The Morgan fingerprint density at radius 2 is 2.29 bits per heavy atom. The molecule has 1 aliphatic heterocycles. The molecule has 1 fully saturated rings. The zero-order valence-electron chi connectivity index (χ0n) is 13.2. The van der Waals surface area contributed by atoms with Gasteiger partial charge in [0.1, 0.15) is 11.8 Å². The molecule has 0 radical (unpaired) electrons. The number of ether oxygens (including phenoxy) is 1. The molecule has 1 aromatic rings. The van der Waals surface area contributed by atoms with Gasteiger partial charge in [-0.15, -0.1) is 0 Å². The van der Waals surface area contributed by atoms with Gasteiger partial charge in [0.05, 0.1) is 12.7 Å². The Bertz CT molecular complexity index is 501. The second kappa shape index (κ2) is 7.44. The van der Waals surface area contributed by atoms with Crippen molar-refractivity contribution in [3.05, 3.63) is 29.3 Å². The Balaban J connectivity index is 2.07. The van der Waals surface area contributed by atoms with Crippen LogP contribution in [-0.4, -0.2) is 37.2 Å². The molecule has 1 unspecified atom stereocenters. The zero-order chi connectivity index (χ0) is 15.2. The van der Waals surface area contributed by atoms with Gasteiger partial charge in [0.15, 0.2) is 0 Å². The summed E-state index contributed by atoms with van der Waals surface area (Å²) < 4.78 is 5.21. The summed E-state index contributed by atoms with van der Waals surface area (Å²) >= 11 is 0. The van der Waals surface area contributed by atoms with Crippen LogP contribution >= 0.6 is 0 Å². The Morgan fingerprint density at radius 3 is 2.86 bits per heavy atom. The van der Waals surface area contributed by atoms with Gasteiger partial charge in [0.25, 0.3) is 0 Å². The number of hydrogen-bond acceptors (Lipinski definition) is 4. The third-order valence-electron chi connectivity index (χ3n) is 4.12. The summed E-state index contributed by atoms with van der Waals surface area (Å²) in [6.45, 7) is 7.52. The molecule has 0 saturated carbocycles. The van der Waals surface area contributed by atoms with E-state index in [1.165, 1.54) is 18.4 Å². The van der Waals surface area contributed by atoms with Crippen molar-refractivity contribution in [2.45, 2.75) is 45.3 Å². The monoisotopic (exact) mass is 287 g/mol. The van der Waals surface area contributed by atoms with Crippen molar-refractivity contribution in [2.24, 2.45) is 0 Å². The van der Waals surface area contributed by atoms with Crippen LogP contribution in [0.2, 0.25) is 0 Å². The number of methoxy groups -OCH3 is 1. The molecule has 21 heavy (non-hydrogen) atoms. The fraction of sp³-hybridized carbons (Fsp3) is 0.588. The number of hydrogen-bond donors (Lipinski definition) is 1. The third-order valence-corrected chi connectivity index (χ3v) is 4.12. The van der Waals surface area contributed by atoms with Crippen LogP contribution in [0, 0.1) is 11.3 Å². The van der Waals surface area contributed by atoms with Gasteiger partial charge < -0.3 is 10.1 Å². The van der Waals surface area contributed by atoms with Crippen molar-refractivity contribution in [2.75, 3.05) is 20.2 Å². The van der Waals surface area contributed by atoms with E-state index >= 15 is 0 Å². The summed E-state index contributed by atoms with van der Waals surface area (Å²) in [6.07, 6.45) is 2.53. The lowest BCUT2D eigenvalue weighted by molar-refractivity contribution is 0.194. The molecule has 0 amide bonds.